The molecule has 0 atom stereocenters. The Bertz CT molecular complexity index is 464. The standard InChI is InChI=1S/C17H23BrFN/c18-14-5-4-13(16(19)10-14)11-17(8-2-1-3-9-17)12-20-15-6-7-15/h4-5,10,15,20H,1-3,6-9,11-12H2. The minimum atomic E-state index is -0.0595. The highest BCUT2D eigenvalue weighted by Gasteiger charge is 2.34. The van der Waals surface area contributed by atoms with Crippen LogP contribution in [-0.2, 0) is 6.42 Å². The van der Waals surface area contributed by atoms with Crippen LogP contribution in [0.5, 0.6) is 0 Å². The molecule has 0 bridgehead atoms. The van der Waals surface area contributed by atoms with Crippen molar-refractivity contribution in [1.29, 1.82) is 0 Å². The molecule has 0 unspecified atom stereocenters. The largest absolute Gasteiger partial charge is 0.313 e. The van der Waals surface area contributed by atoms with E-state index < -0.39 is 0 Å². The van der Waals surface area contributed by atoms with Crippen LogP contribution in [0.3, 0.4) is 0 Å². The van der Waals surface area contributed by atoms with Gasteiger partial charge in [0, 0.05) is 17.1 Å². The number of hydrogen-bond donors (Lipinski definition) is 1. The zero-order valence-corrected chi connectivity index (χ0v) is 13.5. The van der Waals surface area contributed by atoms with Crippen LogP contribution in [-0.4, -0.2) is 12.6 Å². The van der Waals surface area contributed by atoms with Crippen LogP contribution in [0.15, 0.2) is 22.7 Å². The van der Waals surface area contributed by atoms with Crippen LogP contribution in [0, 0.1) is 11.2 Å². The van der Waals surface area contributed by atoms with E-state index in [2.05, 4.69) is 21.2 Å². The molecule has 2 saturated carbocycles. The van der Waals surface area contributed by atoms with Gasteiger partial charge in [-0.05, 0) is 55.2 Å². The van der Waals surface area contributed by atoms with E-state index in [1.54, 1.807) is 6.07 Å². The molecular weight excluding hydrogens is 317 g/mol. The molecule has 0 saturated heterocycles. The van der Waals surface area contributed by atoms with Crippen LogP contribution in [0.2, 0.25) is 0 Å². The Morgan fingerprint density at radius 3 is 2.60 bits per heavy atom. The Balaban J connectivity index is 1.73. The summed E-state index contributed by atoms with van der Waals surface area (Å²) in [7, 11) is 0. The molecular formula is C17H23BrFN. The molecule has 20 heavy (non-hydrogen) atoms. The fourth-order valence-electron chi connectivity index (χ4n) is 3.44. The molecule has 1 nitrogen and oxygen atoms in total. The van der Waals surface area contributed by atoms with Crippen molar-refractivity contribution in [3.63, 3.8) is 0 Å². The van der Waals surface area contributed by atoms with Crippen molar-refractivity contribution in [2.24, 2.45) is 5.41 Å². The molecule has 0 radical (unpaired) electrons. The summed E-state index contributed by atoms with van der Waals surface area (Å²) in [5.41, 5.74) is 1.16. The van der Waals surface area contributed by atoms with Crippen molar-refractivity contribution in [3.8, 4) is 0 Å². The molecule has 3 heteroatoms. The van der Waals surface area contributed by atoms with Crippen LogP contribution in [0.4, 0.5) is 4.39 Å². The van der Waals surface area contributed by atoms with Crippen molar-refractivity contribution in [1.82, 2.24) is 5.32 Å². The number of benzene rings is 1. The Morgan fingerprint density at radius 1 is 1.20 bits per heavy atom. The zero-order chi connectivity index (χ0) is 14.0. The first-order valence-corrected chi connectivity index (χ1v) is 8.64. The summed E-state index contributed by atoms with van der Waals surface area (Å²) in [4.78, 5) is 0. The molecule has 2 fully saturated rings. The SMILES string of the molecule is Fc1cc(Br)ccc1CC1(CNC2CC2)CCCCC1. The lowest BCUT2D eigenvalue weighted by atomic mass is 9.70. The quantitative estimate of drug-likeness (QED) is 0.809. The lowest BCUT2D eigenvalue weighted by Gasteiger charge is -2.38. The van der Waals surface area contributed by atoms with E-state index in [1.807, 2.05) is 12.1 Å². The van der Waals surface area contributed by atoms with Gasteiger partial charge in [0.2, 0.25) is 0 Å². The first-order valence-electron chi connectivity index (χ1n) is 7.84. The van der Waals surface area contributed by atoms with E-state index in [-0.39, 0.29) is 11.2 Å². The Labute approximate surface area is 129 Å². The molecule has 0 aromatic heterocycles. The van der Waals surface area contributed by atoms with E-state index in [0.29, 0.717) is 0 Å². The molecule has 3 rings (SSSR count). The lowest BCUT2D eigenvalue weighted by Crippen LogP contribution is -2.39. The second kappa shape index (κ2) is 6.15. The molecule has 110 valence electrons. The normalized spacial score (nSPS) is 21.9. The van der Waals surface area contributed by atoms with Gasteiger partial charge in [-0.15, -0.1) is 0 Å². The number of rotatable bonds is 5. The van der Waals surface area contributed by atoms with Gasteiger partial charge in [-0.25, -0.2) is 4.39 Å². The predicted octanol–water partition coefficient (Wildman–Crippen LogP) is 4.83. The third-order valence-corrected chi connectivity index (χ3v) is 5.33. The van der Waals surface area contributed by atoms with Crippen molar-refractivity contribution in [2.45, 2.75) is 57.4 Å². The minimum Gasteiger partial charge on any atom is -0.313 e. The lowest BCUT2D eigenvalue weighted by molar-refractivity contribution is 0.178. The van der Waals surface area contributed by atoms with Crippen LogP contribution in [0.25, 0.3) is 0 Å². The average Bonchev–Trinajstić information content (AvgIpc) is 3.25. The maximum Gasteiger partial charge on any atom is 0.127 e. The second-order valence-electron chi connectivity index (χ2n) is 6.63. The van der Waals surface area contributed by atoms with Crippen molar-refractivity contribution in [2.75, 3.05) is 6.54 Å². The summed E-state index contributed by atoms with van der Waals surface area (Å²) in [5, 5.41) is 3.69. The summed E-state index contributed by atoms with van der Waals surface area (Å²) < 4.78 is 15.0. The predicted molar refractivity (Wildman–Crippen MR) is 84.3 cm³/mol. The van der Waals surface area contributed by atoms with Gasteiger partial charge in [0.25, 0.3) is 0 Å². The van der Waals surface area contributed by atoms with Crippen molar-refractivity contribution in [3.05, 3.63) is 34.1 Å². The molecule has 1 N–H and O–H groups in total. The van der Waals surface area contributed by atoms with Crippen LogP contribution in [0.1, 0.15) is 50.5 Å². The molecule has 0 aliphatic heterocycles. The molecule has 2 aliphatic rings. The van der Waals surface area contributed by atoms with Gasteiger partial charge in [-0.2, -0.15) is 0 Å². The van der Waals surface area contributed by atoms with E-state index in [4.69, 9.17) is 0 Å². The summed E-state index contributed by atoms with van der Waals surface area (Å²) in [5.74, 6) is -0.0595. The zero-order valence-electron chi connectivity index (χ0n) is 11.9. The first kappa shape index (κ1) is 14.5. The Hall–Kier alpha value is -0.410. The van der Waals surface area contributed by atoms with E-state index in [1.165, 1.54) is 44.9 Å². The molecule has 0 spiro atoms. The summed E-state index contributed by atoms with van der Waals surface area (Å²) in [6, 6.07) is 6.25. The number of hydrogen-bond acceptors (Lipinski definition) is 1. The maximum absolute atomic E-state index is 14.1. The summed E-state index contributed by atoms with van der Waals surface area (Å²) >= 11 is 3.34. The highest BCUT2D eigenvalue weighted by atomic mass is 79.9. The second-order valence-corrected chi connectivity index (χ2v) is 7.54. The monoisotopic (exact) mass is 339 g/mol. The van der Waals surface area contributed by atoms with Gasteiger partial charge in [0.1, 0.15) is 5.82 Å². The third kappa shape index (κ3) is 3.62. The fourth-order valence-corrected chi connectivity index (χ4v) is 3.77. The topological polar surface area (TPSA) is 12.0 Å². The van der Waals surface area contributed by atoms with Crippen LogP contribution < -0.4 is 5.32 Å². The van der Waals surface area contributed by atoms with Gasteiger partial charge in [0.05, 0.1) is 0 Å². The van der Waals surface area contributed by atoms with Crippen molar-refractivity contribution >= 4 is 15.9 Å². The molecule has 0 amide bonds. The Kier molecular flexibility index (Phi) is 4.46. The smallest absolute Gasteiger partial charge is 0.127 e. The van der Waals surface area contributed by atoms with Gasteiger partial charge in [0.15, 0.2) is 0 Å². The summed E-state index contributed by atoms with van der Waals surface area (Å²) in [6.07, 6.45) is 9.94. The van der Waals surface area contributed by atoms with Gasteiger partial charge >= 0.3 is 0 Å². The molecule has 1 aromatic carbocycles. The highest BCUT2D eigenvalue weighted by Crippen LogP contribution is 2.40. The van der Waals surface area contributed by atoms with Crippen LogP contribution >= 0.6 is 15.9 Å². The molecule has 0 heterocycles. The maximum atomic E-state index is 14.1. The number of nitrogens with one attached hydrogen (secondary N) is 1. The third-order valence-electron chi connectivity index (χ3n) is 4.84. The number of halogens is 2. The van der Waals surface area contributed by atoms with E-state index in [0.717, 1.165) is 29.0 Å². The van der Waals surface area contributed by atoms with Crippen molar-refractivity contribution < 1.29 is 4.39 Å². The van der Waals surface area contributed by atoms with E-state index >= 15 is 0 Å². The van der Waals surface area contributed by atoms with Gasteiger partial charge < -0.3 is 5.32 Å². The van der Waals surface area contributed by atoms with Gasteiger partial charge in [-0.3, -0.25) is 0 Å². The first-order chi connectivity index (χ1) is 9.67. The van der Waals surface area contributed by atoms with Gasteiger partial charge in [-0.1, -0.05) is 41.3 Å². The highest BCUT2D eigenvalue weighted by molar-refractivity contribution is 9.10. The average molecular weight is 340 g/mol. The minimum absolute atomic E-state index is 0.0595. The summed E-state index contributed by atoms with van der Waals surface area (Å²) in [6.45, 7) is 1.06. The fraction of sp³-hybridized carbons (Fsp3) is 0.647. The molecule has 1 aromatic rings. The van der Waals surface area contributed by atoms with E-state index in [9.17, 15) is 4.39 Å². The Morgan fingerprint density at radius 2 is 1.95 bits per heavy atom. The molecule has 2 aliphatic carbocycles.